The van der Waals surface area contributed by atoms with Crippen LogP contribution in [0, 0.1) is 12.7 Å². The van der Waals surface area contributed by atoms with E-state index in [1.54, 1.807) is 12.1 Å². The van der Waals surface area contributed by atoms with Gasteiger partial charge in [-0.25, -0.2) is 4.39 Å². The van der Waals surface area contributed by atoms with E-state index < -0.39 is 26.6 Å². The molecule has 0 spiro atoms. The van der Waals surface area contributed by atoms with E-state index in [-0.39, 0.29) is 16.9 Å². The van der Waals surface area contributed by atoms with E-state index in [0.29, 0.717) is 4.09 Å². The van der Waals surface area contributed by atoms with Crippen LogP contribution in [-0.4, -0.2) is 28.5 Å². The average Bonchev–Trinajstić information content (AvgIpc) is 3.07. The van der Waals surface area contributed by atoms with Crippen molar-refractivity contribution in [3.8, 4) is 0 Å². The number of hydrogen-bond donors (Lipinski definition) is 1. The van der Waals surface area contributed by atoms with Crippen molar-refractivity contribution in [1.82, 2.24) is 14.2 Å². The van der Waals surface area contributed by atoms with Crippen LogP contribution in [0.1, 0.15) is 16.1 Å². The molecule has 128 valence electrons. The number of nitrogens with zero attached hydrogens (tertiary/aromatic N) is 3. The first kappa shape index (κ1) is 16.8. The highest BCUT2D eigenvalue weighted by atomic mass is 32.2. The van der Waals surface area contributed by atoms with Gasteiger partial charge in [-0.15, -0.1) is 0 Å². The van der Waals surface area contributed by atoms with Gasteiger partial charge in [0.25, 0.3) is 15.9 Å². The first-order chi connectivity index (χ1) is 11.9. The van der Waals surface area contributed by atoms with Gasteiger partial charge in [0, 0.05) is 6.20 Å². The molecular weight excluding hydrogens is 347 g/mol. The van der Waals surface area contributed by atoms with E-state index in [9.17, 15) is 17.6 Å². The van der Waals surface area contributed by atoms with Crippen LogP contribution in [0.25, 0.3) is 0 Å². The maximum Gasteiger partial charge on any atom is 0.285 e. The van der Waals surface area contributed by atoms with Gasteiger partial charge in [0.1, 0.15) is 16.4 Å². The molecule has 1 amide bonds. The summed E-state index contributed by atoms with van der Waals surface area (Å²) in [7, 11) is -4.21. The molecule has 1 aromatic carbocycles. The summed E-state index contributed by atoms with van der Waals surface area (Å²) in [4.78, 5) is 15.4. The molecule has 2 aromatic heterocycles. The minimum Gasteiger partial charge on any atom is -0.318 e. The summed E-state index contributed by atoms with van der Waals surface area (Å²) in [5, 5.41) is 6.19. The molecular formula is C16H13FN4O3S. The van der Waals surface area contributed by atoms with Crippen LogP contribution >= 0.6 is 0 Å². The smallest absolute Gasteiger partial charge is 0.285 e. The number of halogens is 1. The summed E-state index contributed by atoms with van der Waals surface area (Å²) in [5.41, 5.74) is 0.520. The highest BCUT2D eigenvalue weighted by Gasteiger charge is 2.23. The van der Waals surface area contributed by atoms with Gasteiger partial charge in [0.05, 0.1) is 18.1 Å². The first-order valence-electron chi connectivity index (χ1n) is 7.17. The Bertz CT molecular complexity index is 1030. The maximum atomic E-state index is 14.1. The lowest BCUT2D eigenvalue weighted by atomic mass is 10.2. The molecule has 9 heteroatoms. The minimum absolute atomic E-state index is 0.146. The molecule has 25 heavy (non-hydrogen) atoms. The molecule has 1 N–H and O–H groups in total. The second-order valence-electron chi connectivity index (χ2n) is 5.16. The highest BCUT2D eigenvalue weighted by Crippen LogP contribution is 2.21. The van der Waals surface area contributed by atoms with E-state index in [1.807, 2.05) is 0 Å². The molecule has 0 saturated heterocycles. The fourth-order valence-corrected chi connectivity index (χ4v) is 3.38. The Morgan fingerprint density at radius 2 is 2.00 bits per heavy atom. The van der Waals surface area contributed by atoms with Crippen molar-refractivity contribution in [2.45, 2.75) is 11.8 Å². The monoisotopic (exact) mass is 360 g/mol. The van der Waals surface area contributed by atoms with Crippen LogP contribution < -0.4 is 5.32 Å². The quantitative estimate of drug-likeness (QED) is 0.770. The summed E-state index contributed by atoms with van der Waals surface area (Å²) in [6, 6.07) is 8.90. The van der Waals surface area contributed by atoms with Crippen LogP contribution in [0.2, 0.25) is 0 Å². The fourth-order valence-electron chi connectivity index (χ4n) is 2.11. The normalized spacial score (nSPS) is 11.3. The summed E-state index contributed by atoms with van der Waals surface area (Å²) in [6.07, 6.45) is 3.72. The van der Waals surface area contributed by atoms with Crippen LogP contribution in [0.4, 0.5) is 10.1 Å². The molecule has 0 radical (unpaired) electrons. The van der Waals surface area contributed by atoms with Crippen molar-refractivity contribution >= 4 is 21.6 Å². The summed E-state index contributed by atoms with van der Waals surface area (Å²) >= 11 is 0. The SMILES string of the molecule is Cc1cccc(S(=O)(=O)n2cc(NC(=O)c3ccccn3)cn2)c1F. The number of nitrogens with one attached hydrogen (secondary N) is 1. The molecule has 0 atom stereocenters. The second-order valence-corrected chi connectivity index (χ2v) is 6.93. The molecule has 0 unspecified atom stereocenters. The minimum atomic E-state index is -4.21. The number of hydrogen-bond acceptors (Lipinski definition) is 5. The summed E-state index contributed by atoms with van der Waals surface area (Å²) in [5.74, 6) is -1.35. The number of rotatable bonds is 4. The molecule has 2 heterocycles. The zero-order chi connectivity index (χ0) is 18.0. The lowest BCUT2D eigenvalue weighted by Crippen LogP contribution is -2.16. The van der Waals surface area contributed by atoms with Gasteiger partial charge < -0.3 is 5.32 Å². The summed E-state index contributed by atoms with van der Waals surface area (Å²) < 4.78 is 39.8. The van der Waals surface area contributed by atoms with Gasteiger partial charge in [-0.05, 0) is 30.7 Å². The van der Waals surface area contributed by atoms with E-state index in [4.69, 9.17) is 0 Å². The number of aromatic nitrogens is 3. The van der Waals surface area contributed by atoms with E-state index in [2.05, 4.69) is 15.4 Å². The molecule has 0 saturated carbocycles. The van der Waals surface area contributed by atoms with Gasteiger partial charge in [0.15, 0.2) is 0 Å². The fraction of sp³-hybridized carbons (Fsp3) is 0.0625. The zero-order valence-electron chi connectivity index (χ0n) is 13.0. The molecule has 3 aromatic rings. The number of carbonyl (C=O) groups is 1. The lowest BCUT2D eigenvalue weighted by Gasteiger charge is -2.07. The van der Waals surface area contributed by atoms with Crippen molar-refractivity contribution in [3.05, 3.63) is 72.1 Å². The van der Waals surface area contributed by atoms with Crippen LogP contribution in [-0.2, 0) is 10.0 Å². The van der Waals surface area contributed by atoms with Crippen molar-refractivity contribution < 1.29 is 17.6 Å². The Balaban J connectivity index is 1.88. The number of benzene rings is 1. The van der Waals surface area contributed by atoms with E-state index >= 15 is 0 Å². The maximum absolute atomic E-state index is 14.1. The third-order valence-electron chi connectivity index (χ3n) is 3.40. The zero-order valence-corrected chi connectivity index (χ0v) is 13.9. The second kappa shape index (κ2) is 6.44. The largest absolute Gasteiger partial charge is 0.318 e. The molecule has 0 aliphatic heterocycles. The molecule has 7 nitrogen and oxygen atoms in total. The Morgan fingerprint density at radius 3 is 2.72 bits per heavy atom. The molecule has 3 rings (SSSR count). The van der Waals surface area contributed by atoms with Gasteiger partial charge in [-0.2, -0.15) is 17.6 Å². The number of aryl methyl sites for hydroxylation is 1. The van der Waals surface area contributed by atoms with Crippen molar-refractivity contribution in [1.29, 1.82) is 0 Å². The summed E-state index contributed by atoms with van der Waals surface area (Å²) in [6.45, 7) is 1.47. The molecule has 0 aliphatic carbocycles. The van der Waals surface area contributed by atoms with Crippen molar-refractivity contribution in [3.63, 3.8) is 0 Å². The van der Waals surface area contributed by atoms with Crippen molar-refractivity contribution in [2.24, 2.45) is 0 Å². The average molecular weight is 360 g/mol. The molecule has 0 bridgehead atoms. The van der Waals surface area contributed by atoms with Gasteiger partial charge >= 0.3 is 0 Å². The number of pyridine rings is 1. The Hall–Kier alpha value is -3.07. The standard InChI is InChI=1S/C16H13FN4O3S/c1-11-5-4-7-14(15(11)17)25(23,24)21-10-12(9-19-21)20-16(22)13-6-2-3-8-18-13/h2-10H,1H3,(H,20,22). The van der Waals surface area contributed by atoms with Crippen molar-refractivity contribution in [2.75, 3.05) is 5.32 Å². The van der Waals surface area contributed by atoms with Gasteiger partial charge in [-0.3, -0.25) is 9.78 Å². The van der Waals surface area contributed by atoms with Crippen LogP contribution in [0.5, 0.6) is 0 Å². The third kappa shape index (κ3) is 3.26. The highest BCUT2D eigenvalue weighted by molar-refractivity contribution is 7.89. The van der Waals surface area contributed by atoms with Crippen LogP contribution in [0.15, 0.2) is 59.9 Å². The Kier molecular flexibility index (Phi) is 4.32. The Labute approximate surface area is 143 Å². The van der Waals surface area contributed by atoms with E-state index in [1.165, 1.54) is 31.3 Å². The third-order valence-corrected chi connectivity index (χ3v) is 4.96. The van der Waals surface area contributed by atoms with E-state index in [0.717, 1.165) is 18.5 Å². The number of carbonyl (C=O) groups excluding carboxylic acids is 1. The lowest BCUT2D eigenvalue weighted by molar-refractivity contribution is 0.102. The van der Waals surface area contributed by atoms with Gasteiger partial charge in [-0.1, -0.05) is 18.2 Å². The molecule has 0 fully saturated rings. The predicted octanol–water partition coefficient (Wildman–Crippen LogP) is 2.21. The molecule has 0 aliphatic rings. The number of amides is 1. The predicted molar refractivity (Wildman–Crippen MR) is 88.1 cm³/mol. The first-order valence-corrected chi connectivity index (χ1v) is 8.61. The van der Waals surface area contributed by atoms with Gasteiger partial charge in [0.2, 0.25) is 0 Å². The topological polar surface area (TPSA) is 94.0 Å². The van der Waals surface area contributed by atoms with Crippen LogP contribution in [0.3, 0.4) is 0 Å². The number of anilines is 1. The Morgan fingerprint density at radius 1 is 1.20 bits per heavy atom.